The van der Waals surface area contributed by atoms with Crippen LogP contribution >= 0.6 is 11.8 Å². The number of amides is 3. The first kappa shape index (κ1) is 19.8. The maximum atomic E-state index is 12.0. The van der Waals surface area contributed by atoms with Crippen molar-refractivity contribution in [2.75, 3.05) is 18.5 Å². The third-order valence-corrected chi connectivity index (χ3v) is 4.59. The second kappa shape index (κ2) is 9.23. The molecule has 1 heterocycles. The van der Waals surface area contributed by atoms with Crippen molar-refractivity contribution < 1.29 is 23.9 Å². The highest BCUT2D eigenvalue weighted by Gasteiger charge is 2.29. The highest BCUT2D eigenvalue weighted by Crippen LogP contribution is 2.36. The van der Waals surface area contributed by atoms with Gasteiger partial charge >= 0.3 is 5.97 Å². The quantitative estimate of drug-likeness (QED) is 0.600. The van der Waals surface area contributed by atoms with Crippen LogP contribution in [0.1, 0.15) is 20.3 Å². The van der Waals surface area contributed by atoms with Gasteiger partial charge in [-0.3, -0.25) is 19.2 Å². The minimum Gasteiger partial charge on any atom is -0.456 e. The zero-order valence-electron chi connectivity index (χ0n) is 14.5. The van der Waals surface area contributed by atoms with Crippen molar-refractivity contribution in [1.82, 2.24) is 10.6 Å². The summed E-state index contributed by atoms with van der Waals surface area (Å²) < 4.78 is 4.88. The zero-order valence-corrected chi connectivity index (χ0v) is 15.4. The summed E-state index contributed by atoms with van der Waals surface area (Å²) in [5.74, 6) is -1.84. The lowest BCUT2D eigenvalue weighted by molar-refractivity contribution is -0.149. The molecule has 0 aromatic heterocycles. The predicted octanol–water partition coefficient (Wildman–Crippen LogP) is 0.673. The number of thioether (sulfide) groups is 1. The Balaban J connectivity index is 1.73. The number of fused-ring (bicyclic) bond motifs is 1. The van der Waals surface area contributed by atoms with Crippen LogP contribution in [0.5, 0.6) is 0 Å². The molecule has 1 aliphatic heterocycles. The number of carbonyl (C=O) groups excluding carboxylic acids is 4. The largest absolute Gasteiger partial charge is 0.456 e. The highest BCUT2D eigenvalue weighted by molar-refractivity contribution is 8.01. The summed E-state index contributed by atoms with van der Waals surface area (Å²) in [6.45, 7) is 2.92. The Bertz CT molecular complexity index is 707. The number of ether oxygens (including phenoxy) is 1. The molecule has 0 unspecified atom stereocenters. The van der Waals surface area contributed by atoms with E-state index in [4.69, 9.17) is 4.74 Å². The van der Waals surface area contributed by atoms with E-state index in [-0.39, 0.29) is 30.8 Å². The van der Waals surface area contributed by atoms with Gasteiger partial charge in [0.25, 0.3) is 5.91 Å². The molecular formula is C17H21N3O5S. The number of nitrogens with one attached hydrogen (secondary N) is 3. The predicted molar refractivity (Wildman–Crippen MR) is 96.6 cm³/mol. The van der Waals surface area contributed by atoms with Gasteiger partial charge in [-0.15, -0.1) is 11.8 Å². The number of hydrogen-bond acceptors (Lipinski definition) is 6. The summed E-state index contributed by atoms with van der Waals surface area (Å²) in [5.41, 5.74) is 0.714. The SMILES string of the molecule is CC(C)NC(=O)CNC(=O)COC(=O)C[C@H]1Sc2ccccc2NC1=O. The number of para-hydroxylation sites is 1. The minimum atomic E-state index is -0.654. The van der Waals surface area contributed by atoms with Crippen LogP contribution in [0.15, 0.2) is 29.2 Å². The molecule has 0 spiro atoms. The Labute approximate surface area is 155 Å². The molecule has 2 rings (SSSR count). The lowest BCUT2D eigenvalue weighted by Gasteiger charge is -2.23. The third-order valence-electron chi connectivity index (χ3n) is 3.32. The molecule has 0 saturated carbocycles. The van der Waals surface area contributed by atoms with Crippen LogP contribution in [0.25, 0.3) is 0 Å². The van der Waals surface area contributed by atoms with Crippen LogP contribution in [-0.2, 0) is 23.9 Å². The Hall–Kier alpha value is -2.55. The number of rotatable bonds is 7. The molecule has 1 aromatic rings. The highest BCUT2D eigenvalue weighted by atomic mass is 32.2. The van der Waals surface area contributed by atoms with E-state index in [9.17, 15) is 19.2 Å². The molecule has 0 radical (unpaired) electrons. The third kappa shape index (κ3) is 6.07. The van der Waals surface area contributed by atoms with Crippen molar-refractivity contribution in [3.05, 3.63) is 24.3 Å². The van der Waals surface area contributed by atoms with Crippen molar-refractivity contribution in [2.45, 2.75) is 36.5 Å². The minimum absolute atomic E-state index is 0.0264. The molecule has 0 bridgehead atoms. The standard InChI is InChI=1S/C17H21N3O5S/c1-10(2)19-14(21)8-18-15(22)9-25-16(23)7-13-17(24)20-11-5-3-4-6-12(11)26-13/h3-6,10,13H,7-9H2,1-2H3,(H,18,22)(H,19,21)(H,20,24)/t13-/m1/s1. The van der Waals surface area contributed by atoms with Crippen LogP contribution in [0.4, 0.5) is 5.69 Å². The van der Waals surface area contributed by atoms with Gasteiger partial charge in [-0.05, 0) is 26.0 Å². The fraction of sp³-hybridized carbons (Fsp3) is 0.412. The van der Waals surface area contributed by atoms with Crippen LogP contribution in [0.2, 0.25) is 0 Å². The van der Waals surface area contributed by atoms with Gasteiger partial charge in [0.1, 0.15) is 0 Å². The Morgan fingerprint density at radius 1 is 1.23 bits per heavy atom. The van der Waals surface area contributed by atoms with E-state index in [0.29, 0.717) is 5.69 Å². The molecular weight excluding hydrogens is 358 g/mol. The van der Waals surface area contributed by atoms with Crippen LogP contribution in [0.3, 0.4) is 0 Å². The lowest BCUT2D eigenvalue weighted by atomic mass is 10.2. The van der Waals surface area contributed by atoms with E-state index in [1.807, 2.05) is 18.2 Å². The molecule has 9 heteroatoms. The molecule has 140 valence electrons. The van der Waals surface area contributed by atoms with Crippen molar-refractivity contribution in [3.63, 3.8) is 0 Å². The molecule has 3 N–H and O–H groups in total. The van der Waals surface area contributed by atoms with Gasteiger partial charge in [0.05, 0.1) is 23.9 Å². The molecule has 1 aromatic carbocycles. The van der Waals surface area contributed by atoms with Crippen molar-refractivity contribution in [3.8, 4) is 0 Å². The molecule has 1 atom stereocenters. The van der Waals surface area contributed by atoms with Gasteiger partial charge in [-0.2, -0.15) is 0 Å². The van der Waals surface area contributed by atoms with Crippen LogP contribution in [0, 0.1) is 0 Å². The van der Waals surface area contributed by atoms with Crippen LogP contribution in [-0.4, -0.2) is 48.1 Å². The van der Waals surface area contributed by atoms with Gasteiger partial charge in [0, 0.05) is 10.9 Å². The summed E-state index contributed by atoms with van der Waals surface area (Å²) in [6.07, 6.45) is -0.147. The second-order valence-electron chi connectivity index (χ2n) is 5.96. The van der Waals surface area contributed by atoms with E-state index < -0.39 is 23.7 Å². The van der Waals surface area contributed by atoms with Crippen molar-refractivity contribution >= 4 is 41.1 Å². The van der Waals surface area contributed by atoms with Gasteiger partial charge in [0.15, 0.2) is 6.61 Å². The summed E-state index contributed by atoms with van der Waals surface area (Å²) in [5, 5.41) is 7.10. The van der Waals surface area contributed by atoms with Crippen molar-refractivity contribution in [1.29, 1.82) is 0 Å². The van der Waals surface area contributed by atoms with E-state index >= 15 is 0 Å². The topological polar surface area (TPSA) is 114 Å². The molecule has 8 nitrogen and oxygen atoms in total. The summed E-state index contributed by atoms with van der Waals surface area (Å²) in [6, 6.07) is 7.27. The maximum Gasteiger partial charge on any atom is 0.307 e. The van der Waals surface area contributed by atoms with E-state index in [2.05, 4.69) is 16.0 Å². The van der Waals surface area contributed by atoms with Gasteiger partial charge in [-0.25, -0.2) is 0 Å². The van der Waals surface area contributed by atoms with E-state index in [1.165, 1.54) is 11.8 Å². The summed E-state index contributed by atoms with van der Waals surface area (Å²) >= 11 is 1.28. The summed E-state index contributed by atoms with van der Waals surface area (Å²) in [7, 11) is 0. The molecule has 1 aliphatic rings. The Kier molecular flexibility index (Phi) is 7.02. The molecule has 0 aliphatic carbocycles. The first-order valence-electron chi connectivity index (χ1n) is 8.13. The Morgan fingerprint density at radius 3 is 2.69 bits per heavy atom. The van der Waals surface area contributed by atoms with Crippen molar-refractivity contribution in [2.24, 2.45) is 0 Å². The first-order chi connectivity index (χ1) is 12.3. The second-order valence-corrected chi connectivity index (χ2v) is 7.20. The smallest absolute Gasteiger partial charge is 0.307 e. The fourth-order valence-electron chi connectivity index (χ4n) is 2.19. The maximum absolute atomic E-state index is 12.0. The first-order valence-corrected chi connectivity index (χ1v) is 9.01. The molecule has 0 fully saturated rings. The number of esters is 1. The zero-order chi connectivity index (χ0) is 19.1. The lowest BCUT2D eigenvalue weighted by Crippen LogP contribution is -2.41. The molecule has 0 saturated heterocycles. The Morgan fingerprint density at radius 2 is 1.96 bits per heavy atom. The molecule has 3 amide bonds. The average Bonchev–Trinajstić information content (AvgIpc) is 2.58. The van der Waals surface area contributed by atoms with Gasteiger partial charge in [-0.1, -0.05) is 12.1 Å². The van der Waals surface area contributed by atoms with Crippen LogP contribution < -0.4 is 16.0 Å². The molecule has 26 heavy (non-hydrogen) atoms. The van der Waals surface area contributed by atoms with E-state index in [1.54, 1.807) is 19.9 Å². The normalized spacial score (nSPS) is 15.7. The van der Waals surface area contributed by atoms with Gasteiger partial charge < -0.3 is 20.7 Å². The van der Waals surface area contributed by atoms with Gasteiger partial charge in [0.2, 0.25) is 11.8 Å². The average molecular weight is 379 g/mol. The van der Waals surface area contributed by atoms with E-state index in [0.717, 1.165) is 4.90 Å². The number of hydrogen-bond donors (Lipinski definition) is 3. The summed E-state index contributed by atoms with van der Waals surface area (Å²) in [4.78, 5) is 47.8. The number of carbonyl (C=O) groups is 4. The number of anilines is 1. The number of benzene rings is 1. The monoisotopic (exact) mass is 379 g/mol. The fourth-order valence-corrected chi connectivity index (χ4v) is 3.28.